The van der Waals surface area contributed by atoms with Crippen LogP contribution in [0, 0.1) is 5.92 Å². The van der Waals surface area contributed by atoms with Gasteiger partial charge in [-0.1, -0.05) is 26.2 Å². The van der Waals surface area contributed by atoms with Crippen LogP contribution in [0.15, 0.2) is 0 Å². The molecule has 0 bridgehead atoms. The summed E-state index contributed by atoms with van der Waals surface area (Å²) in [6.45, 7) is 4.57. The molecule has 1 N–H and O–H groups in total. The van der Waals surface area contributed by atoms with Crippen LogP contribution in [0.3, 0.4) is 0 Å². The van der Waals surface area contributed by atoms with E-state index in [1.165, 1.54) is 62.9 Å². The lowest BCUT2D eigenvalue weighted by Gasteiger charge is -2.26. The fraction of sp³-hybridized carbons (Fsp3) is 0.824. The maximum atomic E-state index is 5.11. The van der Waals surface area contributed by atoms with Gasteiger partial charge >= 0.3 is 0 Å². The van der Waals surface area contributed by atoms with Crippen LogP contribution in [0.25, 0.3) is 0 Å². The van der Waals surface area contributed by atoms with Gasteiger partial charge in [0.15, 0.2) is 0 Å². The van der Waals surface area contributed by atoms with Crippen LogP contribution in [0.2, 0.25) is 0 Å². The summed E-state index contributed by atoms with van der Waals surface area (Å²) in [5.74, 6) is 3.03. The van der Waals surface area contributed by atoms with Crippen molar-refractivity contribution in [2.24, 2.45) is 5.92 Å². The van der Waals surface area contributed by atoms with Crippen LogP contribution in [0.4, 0.5) is 0 Å². The van der Waals surface area contributed by atoms with Gasteiger partial charge in [-0.15, -0.1) is 0 Å². The van der Waals surface area contributed by atoms with E-state index in [0.717, 1.165) is 31.0 Å². The molecule has 2 aliphatic carbocycles. The molecule has 1 aliphatic heterocycles. The smallest absolute Gasteiger partial charge is 0.112 e. The van der Waals surface area contributed by atoms with E-state index in [1.807, 2.05) is 0 Å². The van der Waals surface area contributed by atoms with Crippen LogP contribution in [0.5, 0.6) is 0 Å². The molecule has 4 rings (SSSR count). The first-order chi connectivity index (χ1) is 9.84. The summed E-state index contributed by atoms with van der Waals surface area (Å²) in [5.41, 5.74) is 2.93. The number of hydrogen-bond acceptors (Lipinski definition) is 2. The molecule has 0 spiro atoms. The Hall–Kier alpha value is -0.830. The van der Waals surface area contributed by atoms with Gasteiger partial charge in [-0.3, -0.25) is 0 Å². The lowest BCUT2D eigenvalue weighted by atomic mass is 10.0. The molecular formula is C17H27N3. The highest BCUT2D eigenvalue weighted by Crippen LogP contribution is 2.42. The predicted molar refractivity (Wildman–Crippen MR) is 80.9 cm³/mol. The monoisotopic (exact) mass is 273 g/mol. The molecule has 2 fully saturated rings. The average molecular weight is 273 g/mol. The van der Waals surface area contributed by atoms with E-state index < -0.39 is 0 Å². The maximum Gasteiger partial charge on any atom is 0.112 e. The molecule has 0 radical (unpaired) electrons. The number of imidazole rings is 1. The van der Waals surface area contributed by atoms with E-state index in [0.29, 0.717) is 0 Å². The molecule has 2 heterocycles. The zero-order valence-corrected chi connectivity index (χ0v) is 12.7. The normalized spacial score (nSPS) is 30.9. The topological polar surface area (TPSA) is 29.9 Å². The van der Waals surface area contributed by atoms with Crippen molar-refractivity contribution in [1.29, 1.82) is 0 Å². The summed E-state index contributed by atoms with van der Waals surface area (Å²) in [5, 5.41) is 3.50. The second-order valence-corrected chi connectivity index (χ2v) is 7.12. The third kappa shape index (κ3) is 2.02. The predicted octanol–water partition coefficient (Wildman–Crippen LogP) is 3.55. The molecular weight excluding hydrogens is 246 g/mol. The van der Waals surface area contributed by atoms with Gasteiger partial charge in [0, 0.05) is 37.2 Å². The van der Waals surface area contributed by atoms with Gasteiger partial charge in [-0.25, -0.2) is 4.98 Å². The van der Waals surface area contributed by atoms with Crippen LogP contribution in [-0.2, 0) is 13.0 Å². The second-order valence-electron chi connectivity index (χ2n) is 7.12. The summed E-state index contributed by atoms with van der Waals surface area (Å²) >= 11 is 0. The zero-order valence-electron chi connectivity index (χ0n) is 12.7. The Kier molecular flexibility index (Phi) is 3.33. The highest BCUT2D eigenvalue weighted by Gasteiger charge is 2.34. The van der Waals surface area contributed by atoms with Crippen molar-refractivity contribution in [3.8, 4) is 0 Å². The van der Waals surface area contributed by atoms with Gasteiger partial charge in [0.1, 0.15) is 5.82 Å². The minimum absolute atomic E-state index is 0.736. The minimum atomic E-state index is 0.736. The van der Waals surface area contributed by atoms with Crippen molar-refractivity contribution < 1.29 is 0 Å². The first-order valence-corrected chi connectivity index (χ1v) is 8.65. The number of aromatic nitrogens is 2. The lowest BCUT2D eigenvalue weighted by molar-refractivity contribution is 0.375. The number of hydrogen-bond donors (Lipinski definition) is 1. The molecule has 110 valence electrons. The molecule has 0 aromatic carbocycles. The van der Waals surface area contributed by atoms with E-state index in [-0.39, 0.29) is 0 Å². The molecule has 2 saturated carbocycles. The van der Waals surface area contributed by atoms with E-state index in [4.69, 9.17) is 4.98 Å². The number of fused-ring (bicyclic) bond motifs is 1. The molecule has 3 aliphatic rings. The standard InChI is InChI=1S/C17H27N3/c1-12-5-4-8-15(12)20-16-9-10-18-11-14(16)19-17(20)13-6-2-3-7-13/h12-13,15,18H,2-11H2,1H3. The Morgan fingerprint density at radius 3 is 2.70 bits per heavy atom. The van der Waals surface area contributed by atoms with Crippen LogP contribution < -0.4 is 5.32 Å². The summed E-state index contributed by atoms with van der Waals surface area (Å²) < 4.78 is 2.73. The minimum Gasteiger partial charge on any atom is -0.328 e. The summed E-state index contributed by atoms with van der Waals surface area (Å²) in [7, 11) is 0. The molecule has 2 unspecified atom stereocenters. The highest BCUT2D eigenvalue weighted by molar-refractivity contribution is 5.24. The van der Waals surface area contributed by atoms with Crippen LogP contribution >= 0.6 is 0 Å². The van der Waals surface area contributed by atoms with Gasteiger partial charge in [0.25, 0.3) is 0 Å². The SMILES string of the molecule is CC1CCCC1n1c(C2CCCC2)nc2c1CCNC2. The fourth-order valence-corrected chi connectivity index (χ4v) is 4.71. The van der Waals surface area contributed by atoms with Crippen molar-refractivity contribution >= 4 is 0 Å². The Bertz CT molecular complexity index is 485. The third-order valence-corrected chi connectivity index (χ3v) is 5.82. The summed E-state index contributed by atoms with van der Waals surface area (Å²) in [4.78, 5) is 5.11. The summed E-state index contributed by atoms with van der Waals surface area (Å²) in [6, 6.07) is 0.736. The molecule has 0 saturated heterocycles. The zero-order chi connectivity index (χ0) is 13.5. The Balaban J connectivity index is 1.78. The maximum absolute atomic E-state index is 5.11. The van der Waals surface area contributed by atoms with Crippen molar-refractivity contribution in [1.82, 2.24) is 14.9 Å². The van der Waals surface area contributed by atoms with Gasteiger partial charge in [-0.2, -0.15) is 0 Å². The first-order valence-electron chi connectivity index (χ1n) is 8.65. The first kappa shape index (κ1) is 12.9. The lowest BCUT2D eigenvalue weighted by Crippen LogP contribution is -2.27. The Morgan fingerprint density at radius 2 is 1.95 bits per heavy atom. The third-order valence-electron chi connectivity index (χ3n) is 5.82. The largest absolute Gasteiger partial charge is 0.328 e. The Labute approximate surface area is 122 Å². The molecule has 3 nitrogen and oxygen atoms in total. The van der Waals surface area contributed by atoms with E-state index >= 15 is 0 Å². The van der Waals surface area contributed by atoms with E-state index in [2.05, 4.69) is 16.8 Å². The highest BCUT2D eigenvalue weighted by atomic mass is 15.2. The van der Waals surface area contributed by atoms with E-state index in [1.54, 1.807) is 5.69 Å². The molecule has 2 atom stereocenters. The van der Waals surface area contributed by atoms with Gasteiger partial charge in [0.05, 0.1) is 5.69 Å². The van der Waals surface area contributed by atoms with Crippen LogP contribution in [0.1, 0.15) is 81.0 Å². The number of rotatable bonds is 2. The number of nitrogens with one attached hydrogen (secondary N) is 1. The molecule has 1 aromatic heterocycles. The van der Waals surface area contributed by atoms with Crippen molar-refractivity contribution in [2.75, 3.05) is 6.54 Å². The molecule has 0 amide bonds. The average Bonchev–Trinajstić information content (AvgIpc) is 3.15. The van der Waals surface area contributed by atoms with Gasteiger partial charge in [-0.05, 0) is 31.6 Å². The van der Waals surface area contributed by atoms with Crippen molar-refractivity contribution in [2.45, 2.75) is 76.8 Å². The van der Waals surface area contributed by atoms with Crippen molar-refractivity contribution in [3.05, 3.63) is 17.2 Å². The fourth-order valence-electron chi connectivity index (χ4n) is 4.71. The molecule has 3 heteroatoms. The quantitative estimate of drug-likeness (QED) is 0.893. The summed E-state index contributed by atoms with van der Waals surface area (Å²) in [6.07, 6.45) is 10.9. The Morgan fingerprint density at radius 1 is 1.10 bits per heavy atom. The van der Waals surface area contributed by atoms with Crippen LogP contribution in [-0.4, -0.2) is 16.1 Å². The number of nitrogens with zero attached hydrogens (tertiary/aromatic N) is 2. The molecule has 20 heavy (non-hydrogen) atoms. The second kappa shape index (κ2) is 5.18. The van der Waals surface area contributed by atoms with Gasteiger partial charge in [0.2, 0.25) is 0 Å². The van der Waals surface area contributed by atoms with Gasteiger partial charge < -0.3 is 9.88 Å². The molecule has 1 aromatic rings. The van der Waals surface area contributed by atoms with E-state index in [9.17, 15) is 0 Å². The van der Waals surface area contributed by atoms with Crippen molar-refractivity contribution in [3.63, 3.8) is 0 Å².